The lowest BCUT2D eigenvalue weighted by Crippen LogP contribution is -2.27. The van der Waals surface area contributed by atoms with Crippen molar-refractivity contribution < 1.29 is 19.4 Å². The van der Waals surface area contributed by atoms with Crippen LogP contribution in [0.5, 0.6) is 0 Å². The highest BCUT2D eigenvalue weighted by Crippen LogP contribution is 2.36. The normalized spacial score (nSPS) is 20.2. The van der Waals surface area contributed by atoms with Crippen molar-refractivity contribution in [1.82, 2.24) is 9.55 Å². The molecule has 3 aromatic rings. The van der Waals surface area contributed by atoms with E-state index in [2.05, 4.69) is 43.1 Å². The van der Waals surface area contributed by atoms with E-state index in [1.54, 1.807) is 6.20 Å². The van der Waals surface area contributed by atoms with E-state index in [9.17, 15) is 15.0 Å². The first-order valence-electron chi connectivity index (χ1n) is 13.1. The highest BCUT2D eigenvalue weighted by Gasteiger charge is 2.35. The minimum absolute atomic E-state index is 0.223. The molecule has 1 aliphatic rings. The summed E-state index contributed by atoms with van der Waals surface area (Å²) >= 11 is 0. The van der Waals surface area contributed by atoms with Crippen LogP contribution in [0, 0.1) is 6.92 Å². The second-order valence-electron chi connectivity index (χ2n) is 9.76. The average Bonchev–Trinajstić information content (AvgIpc) is 3.40. The third-order valence-electron chi connectivity index (χ3n) is 6.98. The molecule has 4 rings (SSSR count). The quantitative estimate of drug-likeness (QED) is 0.341. The van der Waals surface area contributed by atoms with Gasteiger partial charge in [0.15, 0.2) is 0 Å². The van der Waals surface area contributed by atoms with Gasteiger partial charge in [0.2, 0.25) is 5.71 Å². The van der Waals surface area contributed by atoms with Gasteiger partial charge in [-0.3, -0.25) is 4.57 Å². The number of furan rings is 1. The lowest BCUT2D eigenvalue weighted by molar-refractivity contribution is -0.0457. The molecule has 1 fully saturated rings. The Balaban J connectivity index is 1.59. The van der Waals surface area contributed by atoms with Gasteiger partial charge < -0.3 is 19.4 Å². The van der Waals surface area contributed by atoms with Gasteiger partial charge in [0.1, 0.15) is 18.1 Å². The van der Waals surface area contributed by atoms with E-state index < -0.39 is 24.1 Å². The summed E-state index contributed by atoms with van der Waals surface area (Å²) in [6.07, 6.45) is 10.4. The van der Waals surface area contributed by atoms with Gasteiger partial charge in [-0.25, -0.2) is 4.79 Å². The Morgan fingerprint density at radius 2 is 1.74 bits per heavy atom. The smallest absolute Gasteiger partial charge is 0.353 e. The maximum atomic E-state index is 12.8. The zero-order valence-corrected chi connectivity index (χ0v) is 20.9. The van der Waals surface area contributed by atoms with Crippen molar-refractivity contribution >= 4 is 11.1 Å². The van der Waals surface area contributed by atoms with Gasteiger partial charge in [0, 0.05) is 24.6 Å². The topological polar surface area (TPSA) is 97.7 Å². The molecule has 0 saturated carbocycles. The number of aryl methyl sites for hydroxylation is 2. The summed E-state index contributed by atoms with van der Waals surface area (Å²) in [5.41, 5.74) is 2.99. The van der Waals surface area contributed by atoms with Crippen molar-refractivity contribution in [3.05, 3.63) is 52.3 Å². The van der Waals surface area contributed by atoms with Gasteiger partial charge in [0.25, 0.3) is 0 Å². The number of aliphatic hydroxyl groups excluding tert-OH is 2. The molecule has 0 aliphatic carbocycles. The fourth-order valence-corrected chi connectivity index (χ4v) is 4.91. The summed E-state index contributed by atoms with van der Waals surface area (Å²) in [5, 5.41) is 20.3. The van der Waals surface area contributed by atoms with Crippen molar-refractivity contribution in [2.75, 3.05) is 6.61 Å². The Bertz CT molecular complexity index is 1150. The predicted octanol–water partition coefficient (Wildman–Crippen LogP) is 5.29. The second kappa shape index (κ2) is 12.0. The summed E-state index contributed by atoms with van der Waals surface area (Å²) in [5.74, 6) is 0.847. The second-order valence-corrected chi connectivity index (χ2v) is 9.76. The van der Waals surface area contributed by atoms with Gasteiger partial charge in [0.05, 0.1) is 18.1 Å². The highest BCUT2D eigenvalue weighted by molar-refractivity contribution is 5.93. The predicted molar refractivity (Wildman–Crippen MR) is 136 cm³/mol. The lowest BCUT2D eigenvalue weighted by Gasteiger charge is -2.14. The molecule has 2 aromatic heterocycles. The Kier molecular flexibility index (Phi) is 8.76. The fraction of sp³-hybridized carbons (Fsp3) is 0.571. The van der Waals surface area contributed by atoms with Crippen molar-refractivity contribution in [2.24, 2.45) is 0 Å². The van der Waals surface area contributed by atoms with Crippen LogP contribution in [0.25, 0.3) is 22.2 Å². The molecule has 0 radical (unpaired) electrons. The van der Waals surface area contributed by atoms with Crippen LogP contribution in [0.3, 0.4) is 0 Å². The third kappa shape index (κ3) is 6.02. The Labute approximate surface area is 206 Å². The van der Waals surface area contributed by atoms with Crippen molar-refractivity contribution in [3.8, 4) is 11.1 Å². The van der Waals surface area contributed by atoms with E-state index in [1.807, 2.05) is 0 Å². The molecule has 0 amide bonds. The van der Waals surface area contributed by atoms with Gasteiger partial charge in [-0.15, -0.1) is 0 Å². The molecule has 0 bridgehead atoms. The third-order valence-corrected chi connectivity index (χ3v) is 6.98. The van der Waals surface area contributed by atoms with Gasteiger partial charge in [-0.1, -0.05) is 81.7 Å². The van der Waals surface area contributed by atoms with Gasteiger partial charge >= 0.3 is 5.69 Å². The largest absolute Gasteiger partial charge is 0.442 e. The minimum atomic E-state index is -0.828. The van der Waals surface area contributed by atoms with Crippen LogP contribution in [0.4, 0.5) is 0 Å². The Hall–Kier alpha value is -2.48. The van der Waals surface area contributed by atoms with Crippen LogP contribution in [0.1, 0.15) is 82.3 Å². The zero-order chi connectivity index (χ0) is 24.8. The van der Waals surface area contributed by atoms with Gasteiger partial charge in [-0.2, -0.15) is 4.98 Å². The number of hydrogen-bond donors (Lipinski definition) is 2. The molecule has 3 heterocycles. The molecule has 3 atom stereocenters. The van der Waals surface area contributed by atoms with Crippen LogP contribution in [0.2, 0.25) is 0 Å². The number of unbranched alkanes of at least 4 members (excludes halogenated alkanes) is 7. The Morgan fingerprint density at radius 1 is 1.06 bits per heavy atom. The molecule has 0 spiro atoms. The first-order chi connectivity index (χ1) is 17.0. The van der Waals surface area contributed by atoms with E-state index in [4.69, 9.17) is 9.15 Å². The van der Waals surface area contributed by atoms with Crippen molar-refractivity contribution in [2.45, 2.75) is 96.5 Å². The summed E-state index contributed by atoms with van der Waals surface area (Å²) in [7, 11) is 0. The molecule has 1 aliphatic heterocycles. The molecule has 35 heavy (non-hydrogen) atoms. The highest BCUT2D eigenvalue weighted by atomic mass is 16.5. The van der Waals surface area contributed by atoms with E-state index in [1.165, 1.54) is 48.7 Å². The number of rotatable bonds is 12. The van der Waals surface area contributed by atoms with Crippen LogP contribution >= 0.6 is 0 Å². The molecule has 7 heteroatoms. The minimum Gasteiger partial charge on any atom is -0.442 e. The van der Waals surface area contributed by atoms with Gasteiger partial charge in [-0.05, 0) is 18.9 Å². The number of hydrogen-bond acceptors (Lipinski definition) is 6. The Morgan fingerprint density at radius 3 is 2.40 bits per heavy atom. The molecule has 1 aromatic carbocycles. The number of fused-ring (bicyclic) bond motifs is 1. The van der Waals surface area contributed by atoms with Crippen LogP contribution < -0.4 is 5.69 Å². The lowest BCUT2D eigenvalue weighted by atomic mass is 9.99. The molecular weight excluding hydrogens is 444 g/mol. The van der Waals surface area contributed by atoms with E-state index in [0.29, 0.717) is 5.71 Å². The maximum absolute atomic E-state index is 12.8. The molecule has 190 valence electrons. The summed E-state index contributed by atoms with van der Waals surface area (Å²) < 4.78 is 13.3. The summed E-state index contributed by atoms with van der Waals surface area (Å²) in [6, 6.07) is 8.29. The number of ether oxygens (including phenoxy) is 1. The standard InChI is InChI=1S/C28H38N2O5/c1-3-4-5-6-7-8-9-10-11-23-26(20-14-12-19(2)13-15-20)21-17-30(28(33)29-27(21)35-23)25-16-22(32)24(18-31)34-25/h12-15,17,22,24-25,31-32H,3-11,16,18H2,1-2H3/t22-,24+,25+/m0/s1. The monoisotopic (exact) mass is 482 g/mol. The fourth-order valence-electron chi connectivity index (χ4n) is 4.91. The van der Waals surface area contributed by atoms with Crippen molar-refractivity contribution in [3.63, 3.8) is 0 Å². The zero-order valence-electron chi connectivity index (χ0n) is 20.9. The molecular formula is C28H38N2O5. The number of nitrogens with zero attached hydrogens (tertiary/aromatic N) is 2. The van der Waals surface area contributed by atoms with E-state index in [0.717, 1.165) is 41.5 Å². The molecule has 2 N–H and O–H groups in total. The van der Waals surface area contributed by atoms with E-state index >= 15 is 0 Å². The van der Waals surface area contributed by atoms with Crippen LogP contribution in [-0.4, -0.2) is 38.6 Å². The average molecular weight is 483 g/mol. The maximum Gasteiger partial charge on any atom is 0.353 e. The summed E-state index contributed by atoms with van der Waals surface area (Å²) in [4.78, 5) is 17.0. The van der Waals surface area contributed by atoms with Crippen LogP contribution in [-0.2, 0) is 11.2 Å². The first-order valence-corrected chi connectivity index (χ1v) is 13.1. The molecule has 0 unspecified atom stereocenters. The first kappa shape index (κ1) is 25.6. The van der Waals surface area contributed by atoms with Crippen molar-refractivity contribution in [1.29, 1.82) is 0 Å². The molecule has 1 saturated heterocycles. The number of aliphatic hydroxyl groups is 2. The molecule has 7 nitrogen and oxygen atoms in total. The number of aromatic nitrogens is 2. The number of benzene rings is 1. The SMILES string of the molecule is CCCCCCCCCCc1oc2nc(=O)n([C@H]3C[C@H](O)[C@@H](CO)O3)cc2c1-c1ccc(C)cc1. The summed E-state index contributed by atoms with van der Waals surface area (Å²) in [6.45, 7) is 3.99. The van der Waals surface area contributed by atoms with Crippen LogP contribution in [0.15, 0.2) is 39.7 Å². The van der Waals surface area contributed by atoms with E-state index in [-0.39, 0.29) is 13.0 Å².